The van der Waals surface area contributed by atoms with Gasteiger partial charge in [0.1, 0.15) is 5.41 Å². The molecular formula is C16H29N3O3. The molecule has 6 heteroatoms. The lowest BCUT2D eigenvalue weighted by atomic mass is 9.89. The van der Waals surface area contributed by atoms with E-state index in [0.29, 0.717) is 39.3 Å². The number of amides is 3. The Morgan fingerprint density at radius 1 is 1.05 bits per heavy atom. The van der Waals surface area contributed by atoms with E-state index < -0.39 is 5.41 Å². The highest BCUT2D eigenvalue weighted by molar-refractivity contribution is 6.04. The van der Waals surface area contributed by atoms with Crippen LogP contribution in [0.1, 0.15) is 40.5 Å². The average Bonchev–Trinajstić information content (AvgIpc) is 2.53. The molecule has 1 saturated heterocycles. The topological polar surface area (TPSA) is 60.9 Å². The lowest BCUT2D eigenvalue weighted by Crippen LogP contribution is -2.55. The van der Waals surface area contributed by atoms with E-state index in [2.05, 4.69) is 0 Å². The SMILES string of the molecule is CCCN(CCC)C(=O)C(C)(C)C(=O)N1CCN(C=O)CC1. The molecule has 0 bridgehead atoms. The molecule has 0 unspecified atom stereocenters. The molecule has 1 heterocycles. The first-order valence-corrected chi connectivity index (χ1v) is 8.16. The van der Waals surface area contributed by atoms with Crippen molar-refractivity contribution in [2.45, 2.75) is 40.5 Å². The normalized spacial score (nSPS) is 15.6. The number of nitrogens with zero attached hydrogens (tertiary/aromatic N) is 3. The fourth-order valence-corrected chi connectivity index (χ4v) is 2.77. The maximum Gasteiger partial charge on any atom is 0.237 e. The highest BCUT2D eigenvalue weighted by Crippen LogP contribution is 2.23. The van der Waals surface area contributed by atoms with Gasteiger partial charge in [-0.15, -0.1) is 0 Å². The molecule has 126 valence electrons. The third-order valence-electron chi connectivity index (χ3n) is 4.09. The van der Waals surface area contributed by atoms with E-state index in [1.807, 2.05) is 13.8 Å². The molecule has 0 aromatic carbocycles. The largest absolute Gasteiger partial charge is 0.342 e. The van der Waals surface area contributed by atoms with Crippen molar-refractivity contribution in [3.63, 3.8) is 0 Å². The summed E-state index contributed by atoms with van der Waals surface area (Å²) in [6, 6.07) is 0. The Bertz CT molecular complexity index is 395. The minimum Gasteiger partial charge on any atom is -0.342 e. The monoisotopic (exact) mass is 311 g/mol. The van der Waals surface area contributed by atoms with E-state index in [1.165, 1.54) is 0 Å². The molecule has 0 radical (unpaired) electrons. The van der Waals surface area contributed by atoms with E-state index in [4.69, 9.17) is 0 Å². The minimum absolute atomic E-state index is 0.0981. The number of hydrogen-bond acceptors (Lipinski definition) is 3. The number of hydrogen-bond donors (Lipinski definition) is 0. The van der Waals surface area contributed by atoms with Gasteiger partial charge in [0.15, 0.2) is 0 Å². The van der Waals surface area contributed by atoms with Crippen LogP contribution in [0.25, 0.3) is 0 Å². The fourth-order valence-electron chi connectivity index (χ4n) is 2.77. The molecule has 1 aliphatic rings. The first-order chi connectivity index (χ1) is 10.4. The van der Waals surface area contributed by atoms with Crippen LogP contribution >= 0.6 is 0 Å². The molecule has 0 atom stereocenters. The van der Waals surface area contributed by atoms with Crippen molar-refractivity contribution in [2.24, 2.45) is 5.41 Å². The molecule has 0 aromatic heterocycles. The summed E-state index contributed by atoms with van der Waals surface area (Å²) in [4.78, 5) is 41.4. The van der Waals surface area contributed by atoms with Crippen molar-refractivity contribution < 1.29 is 14.4 Å². The van der Waals surface area contributed by atoms with Crippen LogP contribution in [0.15, 0.2) is 0 Å². The second kappa shape index (κ2) is 8.15. The quantitative estimate of drug-likeness (QED) is 0.520. The van der Waals surface area contributed by atoms with Crippen LogP contribution in [0, 0.1) is 5.41 Å². The summed E-state index contributed by atoms with van der Waals surface area (Å²) in [5, 5.41) is 0. The van der Waals surface area contributed by atoms with Gasteiger partial charge in [-0.3, -0.25) is 14.4 Å². The smallest absolute Gasteiger partial charge is 0.237 e. The zero-order chi connectivity index (χ0) is 16.8. The second-order valence-corrected chi connectivity index (χ2v) is 6.35. The van der Waals surface area contributed by atoms with Crippen molar-refractivity contribution in [2.75, 3.05) is 39.3 Å². The lowest BCUT2D eigenvalue weighted by molar-refractivity contribution is -0.155. The Hall–Kier alpha value is -1.59. The zero-order valence-electron chi connectivity index (χ0n) is 14.3. The maximum atomic E-state index is 12.8. The molecule has 6 nitrogen and oxygen atoms in total. The van der Waals surface area contributed by atoms with Crippen molar-refractivity contribution >= 4 is 18.2 Å². The summed E-state index contributed by atoms with van der Waals surface area (Å²) in [6.07, 6.45) is 2.57. The van der Waals surface area contributed by atoms with Gasteiger partial charge in [0.05, 0.1) is 0 Å². The van der Waals surface area contributed by atoms with Crippen LogP contribution < -0.4 is 0 Å². The van der Waals surface area contributed by atoms with Crippen LogP contribution in [0.4, 0.5) is 0 Å². The predicted molar refractivity (Wildman–Crippen MR) is 85.2 cm³/mol. The Kier molecular flexibility index (Phi) is 6.84. The Balaban J connectivity index is 2.76. The first-order valence-electron chi connectivity index (χ1n) is 8.16. The highest BCUT2D eigenvalue weighted by Gasteiger charge is 2.41. The van der Waals surface area contributed by atoms with Crippen LogP contribution in [-0.4, -0.2) is 72.2 Å². The van der Waals surface area contributed by atoms with Gasteiger partial charge in [-0.2, -0.15) is 0 Å². The van der Waals surface area contributed by atoms with Crippen LogP contribution in [-0.2, 0) is 14.4 Å². The number of rotatable bonds is 7. The zero-order valence-corrected chi connectivity index (χ0v) is 14.3. The van der Waals surface area contributed by atoms with E-state index in [-0.39, 0.29) is 11.8 Å². The summed E-state index contributed by atoms with van der Waals surface area (Å²) in [5.74, 6) is -0.237. The molecule has 0 saturated carbocycles. The molecule has 1 aliphatic heterocycles. The molecule has 1 fully saturated rings. The van der Waals surface area contributed by atoms with Gasteiger partial charge in [0, 0.05) is 39.3 Å². The van der Waals surface area contributed by atoms with E-state index >= 15 is 0 Å². The molecule has 0 aliphatic carbocycles. The molecular weight excluding hydrogens is 282 g/mol. The van der Waals surface area contributed by atoms with Gasteiger partial charge in [-0.25, -0.2) is 0 Å². The minimum atomic E-state index is -1.05. The van der Waals surface area contributed by atoms with E-state index in [9.17, 15) is 14.4 Å². The summed E-state index contributed by atoms with van der Waals surface area (Å²) >= 11 is 0. The van der Waals surface area contributed by atoms with Gasteiger partial charge >= 0.3 is 0 Å². The number of carbonyl (C=O) groups excluding carboxylic acids is 3. The molecule has 0 spiro atoms. The first kappa shape index (κ1) is 18.5. The van der Waals surface area contributed by atoms with E-state index in [0.717, 1.165) is 19.3 Å². The van der Waals surface area contributed by atoms with Crippen molar-refractivity contribution in [1.82, 2.24) is 14.7 Å². The van der Waals surface area contributed by atoms with Gasteiger partial charge in [-0.05, 0) is 26.7 Å². The van der Waals surface area contributed by atoms with Gasteiger partial charge in [0.2, 0.25) is 18.2 Å². The van der Waals surface area contributed by atoms with E-state index in [1.54, 1.807) is 28.5 Å². The van der Waals surface area contributed by atoms with Gasteiger partial charge < -0.3 is 14.7 Å². The van der Waals surface area contributed by atoms with Crippen molar-refractivity contribution in [3.05, 3.63) is 0 Å². The lowest BCUT2D eigenvalue weighted by Gasteiger charge is -2.38. The van der Waals surface area contributed by atoms with Crippen molar-refractivity contribution in [3.8, 4) is 0 Å². The standard InChI is InChI=1S/C16H29N3O3/c1-5-7-18(8-6-2)14(21)16(3,4)15(22)19-11-9-17(13-20)10-12-19/h13H,5-12H2,1-4H3. The Morgan fingerprint density at radius 3 is 1.95 bits per heavy atom. The fraction of sp³-hybridized carbons (Fsp3) is 0.812. The summed E-state index contributed by atoms with van der Waals surface area (Å²) < 4.78 is 0. The third kappa shape index (κ3) is 4.21. The molecule has 3 amide bonds. The predicted octanol–water partition coefficient (Wildman–Crippen LogP) is 0.962. The van der Waals surface area contributed by atoms with Gasteiger partial charge in [0.25, 0.3) is 0 Å². The molecule has 1 rings (SSSR count). The Morgan fingerprint density at radius 2 is 1.55 bits per heavy atom. The number of carbonyl (C=O) groups is 3. The van der Waals surface area contributed by atoms with Crippen LogP contribution in [0.3, 0.4) is 0 Å². The van der Waals surface area contributed by atoms with Crippen LogP contribution in [0.2, 0.25) is 0 Å². The van der Waals surface area contributed by atoms with Crippen molar-refractivity contribution in [1.29, 1.82) is 0 Å². The van der Waals surface area contributed by atoms with Gasteiger partial charge in [-0.1, -0.05) is 13.8 Å². The summed E-state index contributed by atoms with van der Waals surface area (Å²) in [6.45, 7) is 10.9. The summed E-state index contributed by atoms with van der Waals surface area (Å²) in [5.41, 5.74) is -1.05. The Labute approximate surface area is 133 Å². The third-order valence-corrected chi connectivity index (χ3v) is 4.09. The highest BCUT2D eigenvalue weighted by atomic mass is 16.2. The molecule has 0 N–H and O–H groups in total. The van der Waals surface area contributed by atoms with Crippen LogP contribution in [0.5, 0.6) is 0 Å². The maximum absolute atomic E-state index is 12.8. The summed E-state index contributed by atoms with van der Waals surface area (Å²) in [7, 11) is 0. The molecule has 0 aromatic rings. The second-order valence-electron chi connectivity index (χ2n) is 6.35. The average molecular weight is 311 g/mol. The molecule has 22 heavy (non-hydrogen) atoms. The number of piperazine rings is 1.